The summed E-state index contributed by atoms with van der Waals surface area (Å²) in [5.41, 5.74) is 4.06. The van der Waals surface area contributed by atoms with E-state index in [0.717, 1.165) is 32.9 Å². The van der Waals surface area contributed by atoms with E-state index in [2.05, 4.69) is 15.0 Å². The van der Waals surface area contributed by atoms with Crippen molar-refractivity contribution in [2.45, 2.75) is 13.8 Å². The van der Waals surface area contributed by atoms with Gasteiger partial charge in [-0.2, -0.15) is 0 Å². The molecule has 0 aliphatic carbocycles. The number of rotatable bonds is 2. The van der Waals surface area contributed by atoms with Gasteiger partial charge in [-0.25, -0.2) is 15.0 Å². The molecular formula is C14H13N3OS. The first-order valence-corrected chi connectivity index (χ1v) is 6.80. The average Bonchev–Trinajstić information content (AvgIpc) is 2.85. The Bertz CT molecular complexity index is 752. The second-order valence-corrected chi connectivity index (χ2v) is 5.21. The monoisotopic (exact) mass is 271 g/mol. The van der Waals surface area contributed by atoms with Crippen molar-refractivity contribution in [1.82, 2.24) is 15.0 Å². The van der Waals surface area contributed by atoms with Gasteiger partial charge in [-0.1, -0.05) is 0 Å². The Morgan fingerprint density at radius 1 is 1.21 bits per heavy atom. The molecule has 4 nitrogen and oxygen atoms in total. The fourth-order valence-electron chi connectivity index (χ4n) is 2.05. The molecule has 0 saturated heterocycles. The standard InChI is InChI=1S/C14H13N3OS/c1-8-6-12(18-3)15-7-10(8)13-14-11(4-5-19-14)16-9(2)17-13/h4-7H,1-3H3. The molecule has 19 heavy (non-hydrogen) atoms. The highest BCUT2D eigenvalue weighted by atomic mass is 32.1. The Balaban J connectivity index is 2.26. The number of aryl methyl sites for hydroxylation is 2. The van der Waals surface area contributed by atoms with Gasteiger partial charge in [0.05, 0.1) is 23.0 Å². The Morgan fingerprint density at radius 2 is 2.05 bits per heavy atom. The fraction of sp³-hybridized carbons (Fsp3) is 0.214. The van der Waals surface area contributed by atoms with Gasteiger partial charge >= 0.3 is 0 Å². The van der Waals surface area contributed by atoms with Crippen molar-refractivity contribution in [3.63, 3.8) is 0 Å². The highest BCUT2D eigenvalue weighted by molar-refractivity contribution is 7.17. The van der Waals surface area contributed by atoms with E-state index >= 15 is 0 Å². The molecule has 3 heterocycles. The zero-order chi connectivity index (χ0) is 13.4. The Labute approximate surface area is 115 Å². The minimum absolute atomic E-state index is 0.620. The van der Waals surface area contributed by atoms with Crippen LogP contribution in [-0.2, 0) is 0 Å². The minimum Gasteiger partial charge on any atom is -0.481 e. The van der Waals surface area contributed by atoms with E-state index in [0.29, 0.717) is 5.88 Å². The van der Waals surface area contributed by atoms with Crippen molar-refractivity contribution in [2.24, 2.45) is 0 Å². The highest BCUT2D eigenvalue weighted by Gasteiger charge is 2.12. The van der Waals surface area contributed by atoms with Crippen LogP contribution in [0.4, 0.5) is 0 Å². The molecule has 3 rings (SSSR count). The predicted molar refractivity (Wildman–Crippen MR) is 76.7 cm³/mol. The van der Waals surface area contributed by atoms with E-state index in [1.165, 1.54) is 0 Å². The van der Waals surface area contributed by atoms with Gasteiger partial charge < -0.3 is 4.74 Å². The van der Waals surface area contributed by atoms with Crippen LogP contribution >= 0.6 is 11.3 Å². The first-order chi connectivity index (χ1) is 9.19. The second kappa shape index (κ2) is 4.59. The molecule has 0 spiro atoms. The van der Waals surface area contributed by atoms with E-state index in [-0.39, 0.29) is 0 Å². The molecule has 0 unspecified atom stereocenters. The molecule has 3 aromatic rings. The number of pyridine rings is 1. The van der Waals surface area contributed by atoms with Crippen LogP contribution in [0.15, 0.2) is 23.7 Å². The molecule has 0 amide bonds. The van der Waals surface area contributed by atoms with E-state index in [1.807, 2.05) is 37.6 Å². The maximum absolute atomic E-state index is 5.14. The SMILES string of the molecule is COc1cc(C)c(-c2nc(C)nc3ccsc23)cn1. The van der Waals surface area contributed by atoms with E-state index < -0.39 is 0 Å². The molecule has 0 radical (unpaired) electrons. The summed E-state index contributed by atoms with van der Waals surface area (Å²) in [5, 5.41) is 2.04. The second-order valence-electron chi connectivity index (χ2n) is 4.30. The third-order valence-corrected chi connectivity index (χ3v) is 3.88. The van der Waals surface area contributed by atoms with Crippen molar-refractivity contribution in [3.8, 4) is 17.1 Å². The summed E-state index contributed by atoms with van der Waals surface area (Å²) in [7, 11) is 1.62. The molecule has 0 bridgehead atoms. The number of nitrogens with zero attached hydrogens (tertiary/aromatic N) is 3. The first-order valence-electron chi connectivity index (χ1n) is 5.92. The summed E-state index contributed by atoms with van der Waals surface area (Å²) in [6.45, 7) is 3.95. The summed E-state index contributed by atoms with van der Waals surface area (Å²) >= 11 is 1.65. The Hall–Kier alpha value is -2.01. The molecule has 0 aliphatic rings. The van der Waals surface area contributed by atoms with Crippen molar-refractivity contribution < 1.29 is 4.74 Å². The van der Waals surface area contributed by atoms with Crippen LogP contribution in [0.5, 0.6) is 5.88 Å². The molecule has 0 N–H and O–H groups in total. The van der Waals surface area contributed by atoms with E-state index in [4.69, 9.17) is 4.74 Å². The quantitative estimate of drug-likeness (QED) is 0.717. The van der Waals surface area contributed by atoms with Crippen molar-refractivity contribution in [3.05, 3.63) is 35.1 Å². The normalized spacial score (nSPS) is 10.9. The summed E-state index contributed by atoms with van der Waals surface area (Å²) in [6.07, 6.45) is 1.81. The molecular weight excluding hydrogens is 258 g/mol. The molecule has 5 heteroatoms. The lowest BCUT2D eigenvalue weighted by Gasteiger charge is -2.08. The van der Waals surface area contributed by atoms with Crippen molar-refractivity contribution in [1.29, 1.82) is 0 Å². The third kappa shape index (κ3) is 2.06. The van der Waals surface area contributed by atoms with Crippen LogP contribution in [0.2, 0.25) is 0 Å². The lowest BCUT2D eigenvalue weighted by molar-refractivity contribution is 0.397. The van der Waals surface area contributed by atoms with Gasteiger partial charge in [-0.15, -0.1) is 11.3 Å². The molecule has 0 aromatic carbocycles. The smallest absolute Gasteiger partial charge is 0.213 e. The Morgan fingerprint density at radius 3 is 2.79 bits per heavy atom. The molecule has 0 saturated carbocycles. The first kappa shape index (κ1) is 12.0. The topological polar surface area (TPSA) is 47.9 Å². The number of hydrogen-bond donors (Lipinski definition) is 0. The van der Waals surface area contributed by atoms with Crippen molar-refractivity contribution in [2.75, 3.05) is 7.11 Å². The minimum atomic E-state index is 0.620. The largest absolute Gasteiger partial charge is 0.481 e. The van der Waals surface area contributed by atoms with E-state index in [1.54, 1.807) is 18.4 Å². The number of methoxy groups -OCH3 is 1. The molecule has 0 aliphatic heterocycles. The highest BCUT2D eigenvalue weighted by Crippen LogP contribution is 2.32. The summed E-state index contributed by atoms with van der Waals surface area (Å²) < 4.78 is 6.24. The van der Waals surface area contributed by atoms with Gasteiger partial charge in [0.1, 0.15) is 5.82 Å². The predicted octanol–water partition coefficient (Wildman–Crippen LogP) is 3.38. The maximum Gasteiger partial charge on any atom is 0.213 e. The average molecular weight is 271 g/mol. The molecule has 3 aromatic heterocycles. The zero-order valence-electron chi connectivity index (χ0n) is 11.0. The molecule has 0 fully saturated rings. The number of thiophene rings is 1. The number of aromatic nitrogens is 3. The number of ether oxygens (including phenoxy) is 1. The summed E-state index contributed by atoms with van der Waals surface area (Å²) in [6, 6.07) is 3.94. The van der Waals surface area contributed by atoms with Gasteiger partial charge in [0, 0.05) is 17.8 Å². The zero-order valence-corrected chi connectivity index (χ0v) is 11.8. The van der Waals surface area contributed by atoms with Gasteiger partial charge in [0.15, 0.2) is 0 Å². The molecule has 96 valence electrons. The number of fused-ring (bicyclic) bond motifs is 1. The molecule has 0 atom stereocenters. The Kier molecular flexibility index (Phi) is 2.91. The third-order valence-electron chi connectivity index (χ3n) is 2.97. The van der Waals surface area contributed by atoms with Crippen LogP contribution < -0.4 is 4.74 Å². The van der Waals surface area contributed by atoms with Gasteiger partial charge in [0.2, 0.25) is 5.88 Å². The van der Waals surface area contributed by atoms with E-state index in [9.17, 15) is 0 Å². The van der Waals surface area contributed by atoms with Crippen LogP contribution in [0.1, 0.15) is 11.4 Å². The number of hydrogen-bond acceptors (Lipinski definition) is 5. The van der Waals surface area contributed by atoms with Gasteiger partial charge in [-0.05, 0) is 30.9 Å². The van der Waals surface area contributed by atoms with Crippen LogP contribution in [0.3, 0.4) is 0 Å². The van der Waals surface area contributed by atoms with Crippen LogP contribution in [0.25, 0.3) is 21.5 Å². The van der Waals surface area contributed by atoms with Gasteiger partial charge in [-0.3, -0.25) is 0 Å². The van der Waals surface area contributed by atoms with Crippen LogP contribution in [0, 0.1) is 13.8 Å². The van der Waals surface area contributed by atoms with Crippen LogP contribution in [-0.4, -0.2) is 22.1 Å². The lowest BCUT2D eigenvalue weighted by Crippen LogP contribution is -1.95. The summed E-state index contributed by atoms with van der Waals surface area (Å²) in [5.74, 6) is 1.39. The maximum atomic E-state index is 5.14. The fourth-order valence-corrected chi connectivity index (χ4v) is 2.89. The van der Waals surface area contributed by atoms with Gasteiger partial charge in [0.25, 0.3) is 0 Å². The summed E-state index contributed by atoms with van der Waals surface area (Å²) in [4.78, 5) is 13.3. The van der Waals surface area contributed by atoms with Crippen molar-refractivity contribution >= 4 is 21.6 Å². The lowest BCUT2D eigenvalue weighted by atomic mass is 10.1.